The number of carbonyl (C=O) groups excluding carboxylic acids is 1. The average molecular weight is 277 g/mol. The van der Waals surface area contributed by atoms with Gasteiger partial charge in [-0.25, -0.2) is 4.79 Å². The smallest absolute Gasteiger partial charge is 0.319 e. The molecule has 1 fully saturated rings. The third kappa shape index (κ3) is 4.21. The number of hydrogen-bond acceptors (Lipinski definition) is 3. The highest BCUT2D eigenvalue weighted by Crippen LogP contribution is 2.23. The first-order valence-electron chi connectivity index (χ1n) is 7.14. The van der Waals surface area contributed by atoms with Gasteiger partial charge in [0.2, 0.25) is 0 Å². The summed E-state index contributed by atoms with van der Waals surface area (Å²) in [6.07, 6.45) is 1.00. The highest BCUT2D eigenvalue weighted by molar-refractivity contribution is 5.89. The first kappa shape index (κ1) is 14.8. The van der Waals surface area contributed by atoms with E-state index >= 15 is 0 Å². The van der Waals surface area contributed by atoms with Gasteiger partial charge in [0, 0.05) is 25.3 Å². The van der Waals surface area contributed by atoms with E-state index in [0.717, 1.165) is 37.4 Å². The van der Waals surface area contributed by atoms with Gasteiger partial charge in [-0.2, -0.15) is 0 Å². The molecule has 1 aromatic carbocycles. The number of carbonyl (C=O) groups is 1. The molecule has 5 nitrogen and oxygen atoms in total. The van der Waals surface area contributed by atoms with Gasteiger partial charge < -0.3 is 20.3 Å². The summed E-state index contributed by atoms with van der Waals surface area (Å²) in [6.45, 7) is 5.30. The van der Waals surface area contributed by atoms with Crippen LogP contribution in [-0.4, -0.2) is 44.2 Å². The van der Waals surface area contributed by atoms with Crippen LogP contribution in [0.5, 0.6) is 0 Å². The molecule has 2 rings (SSSR count). The number of nitrogens with one attached hydrogen (secondary N) is 2. The van der Waals surface area contributed by atoms with Crippen molar-refractivity contribution in [3.05, 3.63) is 29.8 Å². The maximum absolute atomic E-state index is 11.6. The van der Waals surface area contributed by atoms with Gasteiger partial charge in [0.25, 0.3) is 0 Å². The van der Waals surface area contributed by atoms with E-state index in [2.05, 4.69) is 22.6 Å². The van der Waals surface area contributed by atoms with Crippen LogP contribution in [0, 0.1) is 0 Å². The number of urea groups is 1. The van der Waals surface area contributed by atoms with Gasteiger partial charge >= 0.3 is 6.03 Å². The van der Waals surface area contributed by atoms with Crippen LogP contribution in [0.2, 0.25) is 0 Å². The third-order valence-electron chi connectivity index (χ3n) is 3.32. The number of ether oxygens (including phenoxy) is 1. The molecule has 5 heteroatoms. The maximum atomic E-state index is 11.6. The maximum Gasteiger partial charge on any atom is 0.319 e. The molecular formula is C15H23N3O2. The van der Waals surface area contributed by atoms with Crippen molar-refractivity contribution >= 4 is 11.7 Å². The molecule has 2 N–H and O–H groups in total. The van der Waals surface area contributed by atoms with E-state index in [0.29, 0.717) is 6.54 Å². The van der Waals surface area contributed by atoms with Crippen molar-refractivity contribution < 1.29 is 9.53 Å². The van der Waals surface area contributed by atoms with Crippen LogP contribution in [-0.2, 0) is 4.74 Å². The first-order valence-corrected chi connectivity index (χ1v) is 7.14. The standard InChI is InChI=1S/C15H23N3O2/c1-3-7-16-15(19)17-13-6-4-5-12(10-13)14-11-18(2)8-9-20-14/h4-6,10,14H,3,7-9,11H2,1-2H3,(H2,16,17,19). The molecule has 1 unspecified atom stereocenters. The molecule has 0 spiro atoms. The lowest BCUT2D eigenvalue weighted by Gasteiger charge is -2.30. The lowest BCUT2D eigenvalue weighted by Crippen LogP contribution is -2.35. The van der Waals surface area contributed by atoms with Gasteiger partial charge in [0.05, 0.1) is 12.7 Å². The van der Waals surface area contributed by atoms with Gasteiger partial charge in [-0.3, -0.25) is 0 Å². The number of benzene rings is 1. The summed E-state index contributed by atoms with van der Waals surface area (Å²) in [4.78, 5) is 13.9. The molecule has 0 aromatic heterocycles. The monoisotopic (exact) mass is 277 g/mol. The first-order chi connectivity index (χ1) is 9.69. The summed E-state index contributed by atoms with van der Waals surface area (Å²) in [7, 11) is 2.09. The quantitative estimate of drug-likeness (QED) is 0.887. The minimum absolute atomic E-state index is 0.0780. The molecule has 0 radical (unpaired) electrons. The van der Waals surface area contributed by atoms with Crippen LogP contribution in [0.15, 0.2) is 24.3 Å². The normalized spacial score (nSPS) is 19.6. The van der Waals surface area contributed by atoms with Crippen molar-refractivity contribution in [2.75, 3.05) is 38.6 Å². The Morgan fingerprint density at radius 2 is 2.35 bits per heavy atom. The molecule has 1 heterocycles. The van der Waals surface area contributed by atoms with E-state index in [1.165, 1.54) is 0 Å². The van der Waals surface area contributed by atoms with Gasteiger partial charge in [0.15, 0.2) is 0 Å². The number of hydrogen-bond donors (Lipinski definition) is 2. The van der Waals surface area contributed by atoms with Crippen molar-refractivity contribution in [1.29, 1.82) is 0 Å². The Bertz CT molecular complexity index is 450. The summed E-state index contributed by atoms with van der Waals surface area (Å²) < 4.78 is 5.79. The number of rotatable bonds is 4. The second-order valence-electron chi connectivity index (χ2n) is 5.13. The molecule has 0 aliphatic carbocycles. The lowest BCUT2D eigenvalue weighted by molar-refractivity contribution is -0.0208. The van der Waals surface area contributed by atoms with Crippen molar-refractivity contribution in [2.24, 2.45) is 0 Å². The van der Waals surface area contributed by atoms with E-state index in [1.54, 1.807) is 0 Å². The van der Waals surface area contributed by atoms with E-state index in [-0.39, 0.29) is 12.1 Å². The molecule has 1 saturated heterocycles. The summed E-state index contributed by atoms with van der Waals surface area (Å²) in [5.41, 5.74) is 1.90. The fraction of sp³-hybridized carbons (Fsp3) is 0.533. The third-order valence-corrected chi connectivity index (χ3v) is 3.32. The summed E-state index contributed by atoms with van der Waals surface area (Å²) in [5, 5.41) is 5.65. The van der Waals surface area contributed by atoms with Crippen molar-refractivity contribution in [1.82, 2.24) is 10.2 Å². The zero-order valence-corrected chi connectivity index (χ0v) is 12.2. The van der Waals surface area contributed by atoms with E-state index in [9.17, 15) is 4.79 Å². The van der Waals surface area contributed by atoms with Gasteiger partial charge in [-0.05, 0) is 31.2 Å². The molecular weight excluding hydrogens is 254 g/mol. The molecule has 1 aliphatic rings. The Morgan fingerprint density at radius 3 is 3.10 bits per heavy atom. The van der Waals surface area contributed by atoms with Crippen molar-refractivity contribution in [3.63, 3.8) is 0 Å². The largest absolute Gasteiger partial charge is 0.371 e. The Labute approximate surface area is 120 Å². The highest BCUT2D eigenvalue weighted by atomic mass is 16.5. The van der Waals surface area contributed by atoms with Crippen LogP contribution in [0.1, 0.15) is 25.0 Å². The zero-order valence-electron chi connectivity index (χ0n) is 12.2. The predicted molar refractivity (Wildman–Crippen MR) is 79.9 cm³/mol. The second-order valence-corrected chi connectivity index (χ2v) is 5.13. The number of morpholine rings is 1. The van der Waals surface area contributed by atoms with Gasteiger partial charge in [-0.1, -0.05) is 19.1 Å². The molecule has 20 heavy (non-hydrogen) atoms. The van der Waals surface area contributed by atoms with Crippen LogP contribution in [0.3, 0.4) is 0 Å². The van der Waals surface area contributed by atoms with Crippen LogP contribution in [0.25, 0.3) is 0 Å². The van der Waals surface area contributed by atoms with Crippen molar-refractivity contribution in [2.45, 2.75) is 19.4 Å². The predicted octanol–water partition coefficient (Wildman–Crippen LogP) is 2.22. The summed E-state index contributed by atoms with van der Waals surface area (Å²) in [6, 6.07) is 7.70. The minimum atomic E-state index is -0.161. The Morgan fingerprint density at radius 1 is 1.50 bits per heavy atom. The molecule has 0 saturated carbocycles. The molecule has 0 bridgehead atoms. The molecule has 1 atom stereocenters. The topological polar surface area (TPSA) is 53.6 Å². The average Bonchev–Trinajstić information content (AvgIpc) is 2.45. The van der Waals surface area contributed by atoms with Crippen LogP contribution < -0.4 is 10.6 Å². The number of likely N-dealkylation sites (N-methyl/N-ethyl adjacent to an activating group) is 1. The summed E-state index contributed by atoms with van der Waals surface area (Å²) >= 11 is 0. The minimum Gasteiger partial charge on any atom is -0.371 e. The molecule has 1 aliphatic heterocycles. The van der Waals surface area contributed by atoms with E-state index in [1.807, 2.05) is 31.2 Å². The van der Waals surface area contributed by atoms with Gasteiger partial charge in [0.1, 0.15) is 0 Å². The molecule has 1 aromatic rings. The summed E-state index contributed by atoms with van der Waals surface area (Å²) in [5.74, 6) is 0. The molecule has 110 valence electrons. The number of anilines is 1. The second kappa shape index (κ2) is 7.26. The van der Waals surface area contributed by atoms with Crippen LogP contribution >= 0.6 is 0 Å². The Hall–Kier alpha value is -1.59. The zero-order chi connectivity index (χ0) is 14.4. The highest BCUT2D eigenvalue weighted by Gasteiger charge is 2.19. The van der Waals surface area contributed by atoms with Crippen LogP contribution in [0.4, 0.5) is 10.5 Å². The van der Waals surface area contributed by atoms with E-state index in [4.69, 9.17) is 4.74 Å². The Kier molecular flexibility index (Phi) is 5.38. The van der Waals surface area contributed by atoms with Crippen molar-refractivity contribution in [3.8, 4) is 0 Å². The van der Waals surface area contributed by atoms with Gasteiger partial charge in [-0.15, -0.1) is 0 Å². The fourth-order valence-corrected chi connectivity index (χ4v) is 2.21. The number of nitrogens with zero attached hydrogens (tertiary/aromatic N) is 1. The Balaban J connectivity index is 1.98. The fourth-order valence-electron chi connectivity index (χ4n) is 2.21. The molecule has 2 amide bonds. The van der Waals surface area contributed by atoms with E-state index < -0.39 is 0 Å². The SMILES string of the molecule is CCCNC(=O)Nc1cccc(C2CN(C)CCO2)c1. The number of amides is 2. The lowest BCUT2D eigenvalue weighted by atomic mass is 10.1.